The molecule has 17 heavy (non-hydrogen) atoms. The van der Waals surface area contributed by atoms with E-state index in [0.717, 1.165) is 14.7 Å². The number of nitriles is 1. The lowest BCUT2D eigenvalue weighted by molar-refractivity contribution is 0.479. The minimum Gasteiger partial charge on any atom is -0.456 e. The van der Waals surface area contributed by atoms with E-state index in [-0.39, 0.29) is 0 Å². The van der Waals surface area contributed by atoms with Crippen LogP contribution in [0.25, 0.3) is 0 Å². The molecule has 0 aliphatic rings. The van der Waals surface area contributed by atoms with E-state index in [4.69, 9.17) is 10.00 Å². The molecule has 0 radical (unpaired) electrons. The zero-order chi connectivity index (χ0) is 12.3. The molecule has 0 bridgehead atoms. The predicted octanol–water partition coefficient (Wildman–Crippen LogP) is 4.88. The van der Waals surface area contributed by atoms with Gasteiger partial charge in [-0.15, -0.1) is 0 Å². The molecule has 0 amide bonds. The first-order chi connectivity index (χ1) is 8.19. The highest BCUT2D eigenvalue weighted by Gasteiger charge is 2.03. The number of ether oxygens (including phenoxy) is 1. The summed E-state index contributed by atoms with van der Waals surface area (Å²) in [6.45, 7) is 0. The van der Waals surface area contributed by atoms with Gasteiger partial charge in [-0.2, -0.15) is 5.26 Å². The summed E-state index contributed by atoms with van der Waals surface area (Å²) in [6.07, 6.45) is 0. The maximum absolute atomic E-state index is 8.76. The third kappa shape index (κ3) is 3.09. The summed E-state index contributed by atoms with van der Waals surface area (Å²) in [5.41, 5.74) is 0.597. The second-order valence-corrected chi connectivity index (χ2v) is 5.08. The van der Waals surface area contributed by atoms with Gasteiger partial charge in [0.15, 0.2) is 0 Å². The molecule has 4 heteroatoms. The summed E-state index contributed by atoms with van der Waals surface area (Å²) in [5, 5.41) is 8.76. The van der Waals surface area contributed by atoms with E-state index >= 15 is 0 Å². The minimum absolute atomic E-state index is 0.597. The van der Waals surface area contributed by atoms with Crippen LogP contribution >= 0.6 is 31.9 Å². The van der Waals surface area contributed by atoms with Crippen LogP contribution in [0.15, 0.2) is 51.4 Å². The summed E-state index contributed by atoms with van der Waals surface area (Å²) in [5.74, 6) is 1.44. The zero-order valence-corrected chi connectivity index (χ0v) is 11.8. The Morgan fingerprint density at radius 3 is 2.29 bits per heavy atom. The lowest BCUT2D eigenvalue weighted by Crippen LogP contribution is -1.86. The van der Waals surface area contributed by atoms with Crippen LogP contribution in [0.3, 0.4) is 0 Å². The van der Waals surface area contributed by atoms with Crippen LogP contribution < -0.4 is 4.74 Å². The molecule has 0 N–H and O–H groups in total. The van der Waals surface area contributed by atoms with Crippen LogP contribution in [0.4, 0.5) is 0 Å². The molecule has 0 saturated carbocycles. The third-order valence-electron chi connectivity index (χ3n) is 2.10. The Kier molecular flexibility index (Phi) is 3.82. The molecule has 0 spiro atoms. The van der Waals surface area contributed by atoms with Crippen molar-refractivity contribution in [2.24, 2.45) is 0 Å². The predicted molar refractivity (Wildman–Crippen MR) is 73.1 cm³/mol. The van der Waals surface area contributed by atoms with Gasteiger partial charge >= 0.3 is 0 Å². The van der Waals surface area contributed by atoms with Gasteiger partial charge in [-0.1, -0.05) is 15.9 Å². The van der Waals surface area contributed by atoms with Gasteiger partial charge in [0, 0.05) is 4.47 Å². The monoisotopic (exact) mass is 351 g/mol. The summed E-state index contributed by atoms with van der Waals surface area (Å²) < 4.78 is 7.45. The van der Waals surface area contributed by atoms with Crippen LogP contribution in [0.5, 0.6) is 11.5 Å². The first kappa shape index (κ1) is 12.2. The Hall–Kier alpha value is -1.31. The van der Waals surface area contributed by atoms with E-state index in [9.17, 15) is 0 Å². The van der Waals surface area contributed by atoms with E-state index in [2.05, 4.69) is 37.9 Å². The molecule has 84 valence electrons. The van der Waals surface area contributed by atoms with Gasteiger partial charge in [-0.25, -0.2) is 0 Å². The number of halogens is 2. The average Bonchev–Trinajstić information content (AvgIpc) is 2.34. The Balaban J connectivity index is 2.25. The van der Waals surface area contributed by atoms with Crippen LogP contribution in [-0.4, -0.2) is 0 Å². The summed E-state index contributed by atoms with van der Waals surface area (Å²) >= 11 is 6.74. The van der Waals surface area contributed by atoms with Crippen molar-refractivity contribution >= 4 is 31.9 Å². The smallest absolute Gasteiger partial charge is 0.141 e. The van der Waals surface area contributed by atoms with E-state index < -0.39 is 0 Å². The van der Waals surface area contributed by atoms with Gasteiger partial charge in [0.05, 0.1) is 16.1 Å². The van der Waals surface area contributed by atoms with Gasteiger partial charge in [0.25, 0.3) is 0 Å². The molecule has 0 fully saturated rings. The molecule has 2 aromatic rings. The molecular formula is C13H7Br2NO. The van der Waals surface area contributed by atoms with E-state index in [1.165, 1.54) is 0 Å². The summed E-state index contributed by atoms with van der Waals surface area (Å²) in [4.78, 5) is 0. The number of benzene rings is 2. The normalized spacial score (nSPS) is 9.71. The van der Waals surface area contributed by atoms with Crippen molar-refractivity contribution in [1.82, 2.24) is 0 Å². The Labute approximate surface area is 116 Å². The SMILES string of the molecule is N#Cc1ccc(Oc2ccc(Br)cc2)c(Br)c1. The zero-order valence-electron chi connectivity index (χ0n) is 8.65. The topological polar surface area (TPSA) is 33.0 Å². The fourth-order valence-electron chi connectivity index (χ4n) is 1.28. The van der Waals surface area contributed by atoms with Crippen molar-refractivity contribution in [3.8, 4) is 17.6 Å². The highest BCUT2D eigenvalue weighted by Crippen LogP contribution is 2.30. The lowest BCUT2D eigenvalue weighted by atomic mass is 10.2. The van der Waals surface area contributed by atoms with Gasteiger partial charge in [0.2, 0.25) is 0 Å². The minimum atomic E-state index is 0.597. The van der Waals surface area contributed by atoms with E-state index in [1.807, 2.05) is 24.3 Å². The molecule has 2 aromatic carbocycles. The summed E-state index contributed by atoms with van der Waals surface area (Å²) in [6, 6.07) is 14.9. The molecule has 0 atom stereocenters. The lowest BCUT2D eigenvalue weighted by Gasteiger charge is -2.07. The van der Waals surface area contributed by atoms with Gasteiger partial charge in [-0.05, 0) is 58.4 Å². The second-order valence-electron chi connectivity index (χ2n) is 3.31. The second kappa shape index (κ2) is 5.35. The molecule has 2 rings (SSSR count). The Morgan fingerprint density at radius 1 is 1.00 bits per heavy atom. The van der Waals surface area contributed by atoms with Crippen molar-refractivity contribution in [3.63, 3.8) is 0 Å². The van der Waals surface area contributed by atoms with Crippen molar-refractivity contribution < 1.29 is 4.74 Å². The standard InChI is InChI=1S/C13H7Br2NO/c14-10-2-4-11(5-3-10)17-13-6-1-9(8-16)7-12(13)15/h1-7H. The first-order valence-corrected chi connectivity index (χ1v) is 6.41. The molecule has 2 nitrogen and oxygen atoms in total. The van der Waals surface area contributed by atoms with Crippen molar-refractivity contribution in [1.29, 1.82) is 5.26 Å². The molecule has 0 aromatic heterocycles. The number of rotatable bonds is 2. The maximum Gasteiger partial charge on any atom is 0.141 e. The number of nitrogens with zero attached hydrogens (tertiary/aromatic N) is 1. The number of hydrogen-bond donors (Lipinski definition) is 0. The highest BCUT2D eigenvalue weighted by atomic mass is 79.9. The summed E-state index contributed by atoms with van der Waals surface area (Å²) in [7, 11) is 0. The van der Waals surface area contributed by atoms with Crippen molar-refractivity contribution in [3.05, 3.63) is 57.0 Å². The van der Waals surface area contributed by atoms with Crippen molar-refractivity contribution in [2.75, 3.05) is 0 Å². The fourth-order valence-corrected chi connectivity index (χ4v) is 2.01. The Bertz CT molecular complexity index is 573. The van der Waals surface area contributed by atoms with Crippen molar-refractivity contribution in [2.45, 2.75) is 0 Å². The molecule has 0 heterocycles. The largest absolute Gasteiger partial charge is 0.456 e. The van der Waals surface area contributed by atoms with Crippen LogP contribution in [0.1, 0.15) is 5.56 Å². The van der Waals surface area contributed by atoms with E-state index in [0.29, 0.717) is 11.3 Å². The van der Waals surface area contributed by atoms with Gasteiger partial charge in [-0.3, -0.25) is 0 Å². The maximum atomic E-state index is 8.76. The van der Waals surface area contributed by atoms with Gasteiger partial charge in [0.1, 0.15) is 11.5 Å². The quantitative estimate of drug-likeness (QED) is 0.771. The third-order valence-corrected chi connectivity index (χ3v) is 3.25. The molecule has 0 aliphatic heterocycles. The highest BCUT2D eigenvalue weighted by molar-refractivity contribution is 9.10. The molecule has 0 saturated heterocycles. The molecular weight excluding hydrogens is 346 g/mol. The van der Waals surface area contributed by atoms with Crippen LogP contribution in [0, 0.1) is 11.3 Å². The molecule has 0 unspecified atom stereocenters. The van der Waals surface area contributed by atoms with E-state index in [1.54, 1.807) is 18.2 Å². The average molecular weight is 353 g/mol. The van der Waals surface area contributed by atoms with Crippen LogP contribution in [0.2, 0.25) is 0 Å². The molecule has 0 aliphatic carbocycles. The Morgan fingerprint density at radius 2 is 1.71 bits per heavy atom. The first-order valence-electron chi connectivity index (χ1n) is 4.82. The van der Waals surface area contributed by atoms with Gasteiger partial charge < -0.3 is 4.74 Å². The fraction of sp³-hybridized carbons (Fsp3) is 0. The number of hydrogen-bond acceptors (Lipinski definition) is 2. The van der Waals surface area contributed by atoms with Crippen LogP contribution in [-0.2, 0) is 0 Å².